The van der Waals surface area contributed by atoms with Gasteiger partial charge in [-0.05, 0) is 29.1 Å². The molecule has 9 nitrogen and oxygen atoms in total. The Hall–Kier alpha value is -3.44. The number of thiophene rings is 1. The first-order valence-electron chi connectivity index (χ1n) is 10.5. The third-order valence-electron chi connectivity index (χ3n) is 5.59. The summed E-state index contributed by atoms with van der Waals surface area (Å²) in [5.41, 5.74) is 2.56. The van der Waals surface area contributed by atoms with Gasteiger partial charge in [-0.2, -0.15) is 10.2 Å². The summed E-state index contributed by atoms with van der Waals surface area (Å²) in [7, 11) is 5.03. The summed E-state index contributed by atoms with van der Waals surface area (Å²) >= 11 is 2.97. The number of hydrogen-bond acceptors (Lipinski definition) is 9. The number of rotatable bonds is 7. The average molecular weight is 495 g/mol. The SMILES string of the molecule is COc1ccc(C2CC(c3cccs3)=NN2C(=O)CSc2ncnc3c2cnn3C)cc1OC. The van der Waals surface area contributed by atoms with Crippen LogP contribution >= 0.6 is 23.1 Å². The molecule has 4 heterocycles. The van der Waals surface area contributed by atoms with Gasteiger partial charge in [-0.1, -0.05) is 23.9 Å². The second kappa shape index (κ2) is 9.43. The molecule has 0 spiro atoms. The number of ether oxygens (including phenoxy) is 2. The Kier molecular flexibility index (Phi) is 6.20. The molecular weight excluding hydrogens is 472 g/mol. The summed E-state index contributed by atoms with van der Waals surface area (Å²) in [5, 5.41) is 14.1. The number of aryl methyl sites for hydroxylation is 1. The first kappa shape index (κ1) is 22.4. The molecule has 0 bridgehead atoms. The Morgan fingerprint density at radius 2 is 2.06 bits per heavy atom. The number of fused-ring (bicyclic) bond motifs is 1. The maximum Gasteiger partial charge on any atom is 0.253 e. The number of aromatic nitrogens is 4. The summed E-state index contributed by atoms with van der Waals surface area (Å²) in [6, 6.07) is 9.49. The van der Waals surface area contributed by atoms with E-state index in [2.05, 4.69) is 15.1 Å². The minimum absolute atomic E-state index is 0.105. The molecule has 1 amide bonds. The van der Waals surface area contributed by atoms with Gasteiger partial charge < -0.3 is 9.47 Å². The molecule has 0 fully saturated rings. The molecule has 1 aliphatic heterocycles. The molecule has 34 heavy (non-hydrogen) atoms. The van der Waals surface area contributed by atoms with Crippen LogP contribution in [0, 0.1) is 0 Å². The summed E-state index contributed by atoms with van der Waals surface area (Å²) in [6.45, 7) is 0. The summed E-state index contributed by atoms with van der Waals surface area (Å²) in [6.07, 6.45) is 3.83. The largest absolute Gasteiger partial charge is 0.493 e. The Labute approximate surface area is 204 Å². The number of hydrogen-bond donors (Lipinski definition) is 0. The molecule has 174 valence electrons. The van der Waals surface area contributed by atoms with E-state index in [4.69, 9.17) is 14.6 Å². The van der Waals surface area contributed by atoms with Crippen molar-refractivity contribution >= 4 is 45.8 Å². The van der Waals surface area contributed by atoms with E-state index in [0.29, 0.717) is 17.9 Å². The molecule has 0 N–H and O–H groups in total. The van der Waals surface area contributed by atoms with Gasteiger partial charge in [-0.3, -0.25) is 9.48 Å². The van der Waals surface area contributed by atoms with E-state index in [1.807, 2.05) is 42.8 Å². The molecule has 4 aromatic rings. The van der Waals surface area contributed by atoms with Gasteiger partial charge in [0.15, 0.2) is 17.1 Å². The van der Waals surface area contributed by atoms with Crippen LogP contribution in [0.25, 0.3) is 11.0 Å². The highest BCUT2D eigenvalue weighted by atomic mass is 32.2. The molecule has 1 aromatic carbocycles. The quantitative estimate of drug-likeness (QED) is 0.284. The van der Waals surface area contributed by atoms with Crippen LogP contribution in [0.5, 0.6) is 11.5 Å². The first-order chi connectivity index (χ1) is 16.6. The van der Waals surface area contributed by atoms with Crippen molar-refractivity contribution in [2.75, 3.05) is 20.0 Å². The van der Waals surface area contributed by atoms with Crippen LogP contribution in [-0.4, -0.2) is 56.3 Å². The number of hydrazone groups is 1. The van der Waals surface area contributed by atoms with Crippen LogP contribution < -0.4 is 9.47 Å². The average Bonchev–Trinajstić information content (AvgIpc) is 3.62. The number of thioether (sulfide) groups is 1. The molecule has 1 atom stereocenters. The summed E-state index contributed by atoms with van der Waals surface area (Å²) in [5.74, 6) is 1.34. The smallest absolute Gasteiger partial charge is 0.253 e. The fourth-order valence-corrected chi connectivity index (χ4v) is 5.44. The second-order valence-electron chi connectivity index (χ2n) is 7.57. The number of benzene rings is 1. The van der Waals surface area contributed by atoms with E-state index in [1.165, 1.54) is 18.1 Å². The zero-order valence-electron chi connectivity index (χ0n) is 18.8. The van der Waals surface area contributed by atoms with Crippen molar-refractivity contribution < 1.29 is 14.3 Å². The van der Waals surface area contributed by atoms with Crippen LogP contribution in [-0.2, 0) is 11.8 Å². The Morgan fingerprint density at radius 3 is 2.82 bits per heavy atom. The molecule has 5 rings (SSSR count). The molecule has 0 saturated heterocycles. The number of methoxy groups -OCH3 is 2. The normalized spacial score (nSPS) is 15.6. The van der Waals surface area contributed by atoms with Crippen LogP contribution in [0.1, 0.15) is 22.9 Å². The second-order valence-corrected chi connectivity index (χ2v) is 9.48. The lowest BCUT2D eigenvalue weighted by atomic mass is 10.0. The zero-order valence-corrected chi connectivity index (χ0v) is 20.5. The fraction of sp³-hybridized carbons (Fsp3) is 0.261. The maximum absolute atomic E-state index is 13.4. The monoisotopic (exact) mass is 494 g/mol. The van der Waals surface area contributed by atoms with Crippen molar-refractivity contribution in [3.8, 4) is 11.5 Å². The summed E-state index contributed by atoms with van der Waals surface area (Å²) < 4.78 is 12.6. The summed E-state index contributed by atoms with van der Waals surface area (Å²) in [4.78, 5) is 23.1. The number of carbonyl (C=O) groups is 1. The lowest BCUT2D eigenvalue weighted by Gasteiger charge is -2.22. The van der Waals surface area contributed by atoms with E-state index in [9.17, 15) is 4.79 Å². The number of nitrogens with zero attached hydrogens (tertiary/aromatic N) is 6. The Balaban J connectivity index is 1.42. The minimum atomic E-state index is -0.242. The predicted molar refractivity (Wildman–Crippen MR) is 132 cm³/mol. The predicted octanol–water partition coefficient (Wildman–Crippen LogP) is 3.91. The van der Waals surface area contributed by atoms with Crippen molar-refractivity contribution in [1.29, 1.82) is 0 Å². The van der Waals surface area contributed by atoms with Gasteiger partial charge in [0.1, 0.15) is 11.4 Å². The number of amides is 1. The van der Waals surface area contributed by atoms with Gasteiger partial charge in [0.25, 0.3) is 5.91 Å². The lowest BCUT2D eigenvalue weighted by Crippen LogP contribution is -2.28. The van der Waals surface area contributed by atoms with Gasteiger partial charge in [-0.15, -0.1) is 11.3 Å². The van der Waals surface area contributed by atoms with E-state index in [-0.39, 0.29) is 17.7 Å². The standard InChI is InChI=1S/C23H22N6O3S2/c1-28-22-15(11-26-28)23(25-13-24-22)34-12-21(30)29-17(10-16(27-29)20-5-4-8-33-20)14-6-7-18(31-2)19(9-14)32-3/h4-9,11,13,17H,10,12H2,1-3H3. The number of carbonyl (C=O) groups excluding carboxylic acids is 1. The van der Waals surface area contributed by atoms with Gasteiger partial charge in [0, 0.05) is 13.5 Å². The molecule has 0 saturated carbocycles. The highest BCUT2D eigenvalue weighted by Crippen LogP contribution is 2.38. The van der Waals surface area contributed by atoms with Gasteiger partial charge in [0.05, 0.1) is 48.2 Å². The van der Waals surface area contributed by atoms with Crippen molar-refractivity contribution in [1.82, 2.24) is 24.8 Å². The molecular formula is C23H22N6O3S2. The third kappa shape index (κ3) is 4.12. The van der Waals surface area contributed by atoms with E-state index < -0.39 is 0 Å². The van der Waals surface area contributed by atoms with E-state index in [0.717, 1.165) is 32.2 Å². The van der Waals surface area contributed by atoms with Crippen LogP contribution in [0.3, 0.4) is 0 Å². The van der Waals surface area contributed by atoms with Crippen molar-refractivity contribution in [2.45, 2.75) is 17.5 Å². The molecule has 0 aliphatic carbocycles. The Bertz CT molecular complexity index is 1370. The van der Waals surface area contributed by atoms with Crippen molar-refractivity contribution in [3.63, 3.8) is 0 Å². The van der Waals surface area contributed by atoms with Crippen LogP contribution in [0.2, 0.25) is 0 Å². The third-order valence-corrected chi connectivity index (χ3v) is 7.50. The highest BCUT2D eigenvalue weighted by molar-refractivity contribution is 8.00. The molecule has 1 unspecified atom stereocenters. The first-order valence-corrected chi connectivity index (χ1v) is 12.4. The maximum atomic E-state index is 13.4. The van der Waals surface area contributed by atoms with E-state index >= 15 is 0 Å². The fourth-order valence-electron chi connectivity index (χ4n) is 3.90. The molecule has 0 radical (unpaired) electrons. The lowest BCUT2D eigenvalue weighted by molar-refractivity contribution is -0.130. The van der Waals surface area contributed by atoms with Gasteiger partial charge in [-0.25, -0.2) is 15.0 Å². The van der Waals surface area contributed by atoms with Crippen LogP contribution in [0.4, 0.5) is 0 Å². The van der Waals surface area contributed by atoms with Gasteiger partial charge >= 0.3 is 0 Å². The Morgan fingerprint density at radius 1 is 1.21 bits per heavy atom. The molecule has 11 heteroatoms. The zero-order chi connectivity index (χ0) is 23.7. The van der Waals surface area contributed by atoms with Crippen molar-refractivity contribution in [2.24, 2.45) is 12.1 Å². The molecule has 3 aromatic heterocycles. The van der Waals surface area contributed by atoms with Crippen LogP contribution in [0.15, 0.2) is 58.4 Å². The van der Waals surface area contributed by atoms with E-state index in [1.54, 1.807) is 41.4 Å². The topological polar surface area (TPSA) is 94.7 Å². The van der Waals surface area contributed by atoms with Crippen molar-refractivity contribution in [3.05, 3.63) is 58.7 Å². The highest BCUT2D eigenvalue weighted by Gasteiger charge is 2.34. The van der Waals surface area contributed by atoms with Gasteiger partial charge in [0.2, 0.25) is 0 Å². The molecule has 1 aliphatic rings. The minimum Gasteiger partial charge on any atom is -0.493 e.